The molecule has 0 aromatic carbocycles. The van der Waals surface area contributed by atoms with Crippen molar-refractivity contribution in [3.8, 4) is 0 Å². The van der Waals surface area contributed by atoms with E-state index in [2.05, 4.69) is 19.2 Å². The van der Waals surface area contributed by atoms with Crippen LogP contribution in [-0.4, -0.2) is 37.0 Å². The van der Waals surface area contributed by atoms with Crippen LogP contribution in [0, 0.1) is 5.92 Å². The van der Waals surface area contributed by atoms with Gasteiger partial charge >= 0.3 is 0 Å². The first kappa shape index (κ1) is 12.5. The van der Waals surface area contributed by atoms with Gasteiger partial charge in [0, 0.05) is 26.1 Å². The zero-order valence-electron chi connectivity index (χ0n) is 10.3. The monoisotopic (exact) mass is 212 g/mol. The summed E-state index contributed by atoms with van der Waals surface area (Å²) >= 11 is 0. The maximum atomic E-state index is 11.8. The van der Waals surface area contributed by atoms with Crippen molar-refractivity contribution in [2.75, 3.05) is 20.1 Å². The largest absolute Gasteiger partial charge is 0.346 e. The second-order valence-corrected chi connectivity index (χ2v) is 5.00. The number of amides is 1. The topological polar surface area (TPSA) is 32.3 Å². The van der Waals surface area contributed by atoms with Crippen molar-refractivity contribution in [3.05, 3.63) is 0 Å². The van der Waals surface area contributed by atoms with Crippen molar-refractivity contribution < 1.29 is 4.79 Å². The lowest BCUT2D eigenvalue weighted by Gasteiger charge is -2.20. The van der Waals surface area contributed by atoms with Crippen molar-refractivity contribution in [2.24, 2.45) is 5.92 Å². The molecule has 0 bridgehead atoms. The number of hydrogen-bond donors (Lipinski definition) is 1. The Morgan fingerprint density at radius 1 is 1.53 bits per heavy atom. The summed E-state index contributed by atoms with van der Waals surface area (Å²) in [6.45, 7) is 6.35. The molecule has 0 aromatic rings. The van der Waals surface area contributed by atoms with Crippen LogP contribution in [0.1, 0.15) is 39.5 Å². The number of rotatable bonds is 5. The summed E-state index contributed by atoms with van der Waals surface area (Å²) in [7, 11) is 1.92. The molecule has 1 unspecified atom stereocenters. The molecule has 1 amide bonds. The van der Waals surface area contributed by atoms with Gasteiger partial charge in [0.25, 0.3) is 0 Å². The Labute approximate surface area is 93.2 Å². The van der Waals surface area contributed by atoms with Gasteiger partial charge in [-0.3, -0.25) is 4.79 Å². The lowest BCUT2D eigenvalue weighted by atomic mass is 10.1. The van der Waals surface area contributed by atoms with Crippen LogP contribution in [0.4, 0.5) is 0 Å². The molecule has 0 aliphatic carbocycles. The summed E-state index contributed by atoms with van der Waals surface area (Å²) in [4.78, 5) is 13.7. The Hall–Kier alpha value is -0.570. The van der Waals surface area contributed by atoms with Crippen molar-refractivity contribution in [2.45, 2.75) is 45.6 Å². The van der Waals surface area contributed by atoms with Gasteiger partial charge in [-0.15, -0.1) is 0 Å². The predicted octanol–water partition coefficient (Wildman–Crippen LogP) is 1.63. The first-order valence-corrected chi connectivity index (χ1v) is 6.07. The number of nitrogens with one attached hydrogen (secondary N) is 1. The molecule has 88 valence electrons. The highest BCUT2D eigenvalue weighted by Crippen LogP contribution is 2.10. The molecule has 1 rings (SSSR count). The average molecular weight is 212 g/mol. The molecule has 3 heteroatoms. The number of hydrogen-bond acceptors (Lipinski definition) is 2. The van der Waals surface area contributed by atoms with Gasteiger partial charge in [-0.2, -0.15) is 0 Å². The van der Waals surface area contributed by atoms with Crippen LogP contribution in [0.25, 0.3) is 0 Å². The van der Waals surface area contributed by atoms with E-state index in [0.29, 0.717) is 18.4 Å². The molecular formula is C12H24N2O. The molecule has 3 nitrogen and oxygen atoms in total. The highest BCUT2D eigenvalue weighted by Gasteiger charge is 2.19. The Balaban J connectivity index is 2.20. The minimum atomic E-state index is 0.287. The smallest absolute Gasteiger partial charge is 0.223 e. The van der Waals surface area contributed by atoms with Crippen LogP contribution in [0.3, 0.4) is 0 Å². The van der Waals surface area contributed by atoms with Crippen molar-refractivity contribution in [1.82, 2.24) is 10.2 Å². The maximum absolute atomic E-state index is 11.8. The first-order chi connectivity index (χ1) is 7.09. The number of carbonyl (C=O) groups excluding carboxylic acids is 1. The van der Waals surface area contributed by atoms with E-state index in [9.17, 15) is 4.79 Å². The lowest BCUT2D eigenvalue weighted by molar-refractivity contribution is -0.130. The average Bonchev–Trinajstić information content (AvgIpc) is 2.66. The fraction of sp³-hybridized carbons (Fsp3) is 0.917. The van der Waals surface area contributed by atoms with Gasteiger partial charge in [0.15, 0.2) is 0 Å². The molecule has 1 fully saturated rings. The van der Waals surface area contributed by atoms with E-state index >= 15 is 0 Å². The Bertz CT molecular complexity index is 198. The summed E-state index contributed by atoms with van der Waals surface area (Å²) in [6.07, 6.45) is 4.15. The third-order valence-electron chi connectivity index (χ3n) is 3.05. The van der Waals surface area contributed by atoms with Crippen LogP contribution >= 0.6 is 0 Å². The molecule has 1 saturated heterocycles. The van der Waals surface area contributed by atoms with E-state index in [-0.39, 0.29) is 5.91 Å². The summed E-state index contributed by atoms with van der Waals surface area (Å²) in [6, 6.07) is 0.430. The van der Waals surface area contributed by atoms with Gasteiger partial charge in [-0.25, -0.2) is 0 Å². The summed E-state index contributed by atoms with van der Waals surface area (Å²) in [5.74, 6) is 0.958. The summed E-state index contributed by atoms with van der Waals surface area (Å²) in [5.41, 5.74) is 0. The lowest BCUT2D eigenvalue weighted by Crippen LogP contribution is -2.34. The van der Waals surface area contributed by atoms with E-state index < -0.39 is 0 Å². The van der Waals surface area contributed by atoms with Crippen molar-refractivity contribution >= 4 is 5.91 Å². The fourth-order valence-corrected chi connectivity index (χ4v) is 1.87. The normalized spacial score (nSPS) is 20.9. The zero-order valence-corrected chi connectivity index (χ0v) is 10.3. The summed E-state index contributed by atoms with van der Waals surface area (Å²) < 4.78 is 0. The van der Waals surface area contributed by atoms with Gasteiger partial charge in [0.1, 0.15) is 0 Å². The predicted molar refractivity (Wildman–Crippen MR) is 62.7 cm³/mol. The van der Waals surface area contributed by atoms with Crippen LogP contribution in [0.2, 0.25) is 0 Å². The molecule has 0 radical (unpaired) electrons. The second kappa shape index (κ2) is 6.11. The van der Waals surface area contributed by atoms with Gasteiger partial charge < -0.3 is 10.2 Å². The maximum Gasteiger partial charge on any atom is 0.223 e. The standard InChI is InChI=1S/C12H24N2O/c1-10(2)6-8-14(3)12(15)9-11-5-4-7-13-11/h10-11,13H,4-9H2,1-3H3. The quantitative estimate of drug-likeness (QED) is 0.751. The van der Waals surface area contributed by atoms with E-state index in [4.69, 9.17) is 0 Å². The minimum Gasteiger partial charge on any atom is -0.346 e. The molecular weight excluding hydrogens is 188 g/mol. The van der Waals surface area contributed by atoms with E-state index in [1.807, 2.05) is 11.9 Å². The van der Waals surface area contributed by atoms with Gasteiger partial charge in [-0.1, -0.05) is 13.8 Å². The minimum absolute atomic E-state index is 0.287. The molecule has 1 aliphatic heterocycles. The molecule has 0 saturated carbocycles. The van der Waals surface area contributed by atoms with E-state index in [1.165, 1.54) is 6.42 Å². The molecule has 1 aliphatic rings. The molecule has 1 atom stereocenters. The third kappa shape index (κ3) is 4.65. The number of nitrogens with zero attached hydrogens (tertiary/aromatic N) is 1. The SMILES string of the molecule is CC(C)CCN(C)C(=O)CC1CCCN1. The van der Waals surface area contributed by atoms with Gasteiger partial charge in [0.2, 0.25) is 5.91 Å². The number of carbonyl (C=O) groups is 1. The third-order valence-corrected chi connectivity index (χ3v) is 3.05. The molecule has 1 N–H and O–H groups in total. The highest BCUT2D eigenvalue weighted by molar-refractivity contribution is 5.76. The van der Waals surface area contributed by atoms with Crippen molar-refractivity contribution in [1.29, 1.82) is 0 Å². The zero-order chi connectivity index (χ0) is 11.3. The highest BCUT2D eigenvalue weighted by atomic mass is 16.2. The fourth-order valence-electron chi connectivity index (χ4n) is 1.87. The van der Waals surface area contributed by atoms with Crippen LogP contribution < -0.4 is 5.32 Å². The Morgan fingerprint density at radius 2 is 2.27 bits per heavy atom. The van der Waals surface area contributed by atoms with E-state index in [1.54, 1.807) is 0 Å². The van der Waals surface area contributed by atoms with Gasteiger partial charge in [-0.05, 0) is 31.7 Å². The Kier molecular flexibility index (Phi) is 5.09. The molecule has 15 heavy (non-hydrogen) atoms. The van der Waals surface area contributed by atoms with Crippen LogP contribution in [0.15, 0.2) is 0 Å². The first-order valence-electron chi connectivity index (χ1n) is 6.07. The molecule has 1 heterocycles. The van der Waals surface area contributed by atoms with Gasteiger partial charge in [0.05, 0.1) is 0 Å². The second-order valence-electron chi connectivity index (χ2n) is 5.00. The molecule has 0 spiro atoms. The van der Waals surface area contributed by atoms with Crippen molar-refractivity contribution in [3.63, 3.8) is 0 Å². The Morgan fingerprint density at radius 3 is 2.80 bits per heavy atom. The van der Waals surface area contributed by atoms with Crippen LogP contribution in [-0.2, 0) is 4.79 Å². The summed E-state index contributed by atoms with van der Waals surface area (Å²) in [5, 5.41) is 3.36. The van der Waals surface area contributed by atoms with E-state index in [0.717, 1.165) is 25.9 Å². The van der Waals surface area contributed by atoms with Crippen LogP contribution in [0.5, 0.6) is 0 Å². The molecule has 0 aromatic heterocycles.